The van der Waals surface area contributed by atoms with Crippen molar-refractivity contribution in [3.8, 4) is 0 Å². The van der Waals surface area contributed by atoms with Gasteiger partial charge in [0, 0.05) is 20.1 Å². The van der Waals surface area contributed by atoms with E-state index in [0.717, 1.165) is 0 Å². The first-order chi connectivity index (χ1) is 11.1. The van der Waals surface area contributed by atoms with Crippen molar-refractivity contribution >= 4 is 23.0 Å². The quantitative estimate of drug-likeness (QED) is 0.559. The van der Waals surface area contributed by atoms with Crippen LogP contribution in [0.25, 0.3) is 11.2 Å². The molecule has 0 saturated heterocycles. The van der Waals surface area contributed by atoms with Gasteiger partial charge < -0.3 is 24.5 Å². The van der Waals surface area contributed by atoms with Crippen molar-refractivity contribution in [1.82, 2.24) is 19.5 Å². The van der Waals surface area contributed by atoms with E-state index in [2.05, 4.69) is 15.0 Å². The van der Waals surface area contributed by atoms with Crippen molar-refractivity contribution in [1.29, 1.82) is 0 Å². The molecule has 0 spiro atoms. The van der Waals surface area contributed by atoms with Crippen LogP contribution in [0.2, 0.25) is 0 Å². The Balaban J connectivity index is 2.28. The molecule has 0 unspecified atom stereocenters. The smallest absolute Gasteiger partial charge is 0.303 e. The standard InChI is InChI=1S/C14H21N5O4/c1-4-21-14(22-5-2)10(23-9(3)20)6-19-8-18-11-12(15)16-7-17-13(11)19/h7-8,10,14H,4-6H2,1-3H3,(H2,15,16,17)/t10-/m0/s1. The van der Waals surface area contributed by atoms with Crippen LogP contribution in [0.15, 0.2) is 12.7 Å². The van der Waals surface area contributed by atoms with Gasteiger partial charge in [-0.15, -0.1) is 0 Å². The Kier molecular flexibility index (Phi) is 5.83. The molecule has 0 radical (unpaired) electrons. The van der Waals surface area contributed by atoms with Gasteiger partial charge in [-0.1, -0.05) is 0 Å². The van der Waals surface area contributed by atoms with E-state index in [-0.39, 0.29) is 6.54 Å². The van der Waals surface area contributed by atoms with Crippen molar-refractivity contribution in [3.05, 3.63) is 12.7 Å². The molecule has 2 aromatic rings. The van der Waals surface area contributed by atoms with Crippen LogP contribution >= 0.6 is 0 Å². The summed E-state index contributed by atoms with van der Waals surface area (Å²) in [6.07, 6.45) is 1.62. The Morgan fingerprint density at radius 3 is 2.57 bits per heavy atom. The molecule has 0 aliphatic carbocycles. The maximum absolute atomic E-state index is 11.4. The number of carbonyl (C=O) groups excluding carboxylic acids is 1. The number of aromatic nitrogens is 4. The van der Waals surface area contributed by atoms with Crippen LogP contribution < -0.4 is 5.73 Å². The molecule has 0 aliphatic rings. The fraction of sp³-hybridized carbons (Fsp3) is 0.571. The first kappa shape index (κ1) is 17.1. The second-order valence-electron chi connectivity index (χ2n) is 4.76. The number of nitrogen functional groups attached to an aromatic ring is 1. The number of nitrogens with zero attached hydrogens (tertiary/aromatic N) is 4. The van der Waals surface area contributed by atoms with Crippen LogP contribution in [0.1, 0.15) is 20.8 Å². The fourth-order valence-electron chi connectivity index (χ4n) is 2.21. The molecule has 23 heavy (non-hydrogen) atoms. The van der Waals surface area contributed by atoms with E-state index < -0.39 is 18.4 Å². The van der Waals surface area contributed by atoms with E-state index in [1.807, 2.05) is 13.8 Å². The molecule has 1 atom stereocenters. The lowest BCUT2D eigenvalue weighted by Crippen LogP contribution is -2.38. The van der Waals surface area contributed by atoms with E-state index in [1.165, 1.54) is 13.3 Å². The van der Waals surface area contributed by atoms with Crippen molar-refractivity contribution in [2.75, 3.05) is 18.9 Å². The third-order valence-electron chi connectivity index (χ3n) is 3.09. The number of anilines is 1. The normalized spacial score (nSPS) is 12.7. The fourth-order valence-corrected chi connectivity index (χ4v) is 2.21. The van der Waals surface area contributed by atoms with E-state index >= 15 is 0 Å². The van der Waals surface area contributed by atoms with Gasteiger partial charge in [-0.3, -0.25) is 4.79 Å². The summed E-state index contributed by atoms with van der Waals surface area (Å²) in [5.74, 6) is -0.123. The van der Waals surface area contributed by atoms with Gasteiger partial charge in [-0.25, -0.2) is 15.0 Å². The molecule has 9 heteroatoms. The Labute approximate surface area is 133 Å². The molecule has 2 rings (SSSR count). The van der Waals surface area contributed by atoms with E-state index in [9.17, 15) is 4.79 Å². The van der Waals surface area contributed by atoms with Crippen molar-refractivity contribution in [3.63, 3.8) is 0 Å². The van der Waals surface area contributed by atoms with Gasteiger partial charge in [0.05, 0.1) is 12.9 Å². The van der Waals surface area contributed by atoms with Crippen molar-refractivity contribution in [2.24, 2.45) is 0 Å². The average molecular weight is 323 g/mol. The summed E-state index contributed by atoms with van der Waals surface area (Å²) in [6.45, 7) is 6.17. The van der Waals surface area contributed by atoms with Gasteiger partial charge in [0.25, 0.3) is 0 Å². The third kappa shape index (κ3) is 4.14. The number of hydrogen-bond donors (Lipinski definition) is 1. The lowest BCUT2D eigenvalue weighted by Gasteiger charge is -2.26. The van der Waals surface area contributed by atoms with Crippen LogP contribution in [-0.4, -0.2) is 51.1 Å². The topological polar surface area (TPSA) is 114 Å². The number of carbonyl (C=O) groups is 1. The summed E-state index contributed by atoms with van der Waals surface area (Å²) < 4.78 is 18.2. The van der Waals surface area contributed by atoms with Gasteiger partial charge >= 0.3 is 5.97 Å². The van der Waals surface area contributed by atoms with Gasteiger partial charge in [0.1, 0.15) is 11.8 Å². The minimum absolute atomic E-state index is 0.275. The van der Waals surface area contributed by atoms with E-state index in [4.69, 9.17) is 19.9 Å². The largest absolute Gasteiger partial charge is 0.455 e. The van der Waals surface area contributed by atoms with Crippen LogP contribution in [0.4, 0.5) is 5.82 Å². The van der Waals surface area contributed by atoms with E-state index in [0.29, 0.717) is 30.2 Å². The van der Waals surface area contributed by atoms with Gasteiger partial charge in [-0.05, 0) is 13.8 Å². The number of hydrogen-bond acceptors (Lipinski definition) is 8. The van der Waals surface area contributed by atoms with Gasteiger partial charge in [0.15, 0.2) is 23.9 Å². The molecular weight excluding hydrogens is 302 g/mol. The maximum Gasteiger partial charge on any atom is 0.303 e. The second kappa shape index (κ2) is 7.84. The molecular formula is C14H21N5O4. The summed E-state index contributed by atoms with van der Waals surface area (Å²) in [7, 11) is 0. The number of rotatable bonds is 8. The highest BCUT2D eigenvalue weighted by Crippen LogP contribution is 2.17. The highest BCUT2D eigenvalue weighted by molar-refractivity contribution is 5.81. The minimum Gasteiger partial charge on any atom is -0.455 e. The highest BCUT2D eigenvalue weighted by Gasteiger charge is 2.27. The molecule has 0 aliphatic heterocycles. The minimum atomic E-state index is -0.675. The predicted octanol–water partition coefficient (Wildman–Crippen LogP) is 0.739. The Bertz CT molecular complexity index is 654. The third-order valence-corrected chi connectivity index (χ3v) is 3.09. The molecule has 9 nitrogen and oxygen atoms in total. The zero-order valence-corrected chi connectivity index (χ0v) is 13.4. The van der Waals surface area contributed by atoms with E-state index in [1.54, 1.807) is 10.9 Å². The lowest BCUT2D eigenvalue weighted by atomic mass is 10.3. The number of ether oxygens (including phenoxy) is 3. The molecule has 2 aromatic heterocycles. The Morgan fingerprint density at radius 1 is 1.26 bits per heavy atom. The summed E-state index contributed by atoms with van der Waals surface area (Å²) in [5.41, 5.74) is 6.83. The van der Waals surface area contributed by atoms with Crippen LogP contribution in [0.3, 0.4) is 0 Å². The van der Waals surface area contributed by atoms with Crippen LogP contribution in [0.5, 0.6) is 0 Å². The zero-order valence-electron chi connectivity index (χ0n) is 13.4. The van der Waals surface area contributed by atoms with Gasteiger partial charge in [0.2, 0.25) is 0 Å². The molecule has 2 heterocycles. The average Bonchev–Trinajstić information content (AvgIpc) is 2.90. The number of fused-ring (bicyclic) bond motifs is 1. The summed E-state index contributed by atoms with van der Waals surface area (Å²) in [6, 6.07) is 0. The SMILES string of the molecule is CCOC(OCC)[C@H](Cn1cnc2c(N)ncnc21)OC(C)=O. The molecule has 2 N–H and O–H groups in total. The number of esters is 1. The summed E-state index contributed by atoms with van der Waals surface area (Å²) in [4.78, 5) is 23.7. The van der Waals surface area contributed by atoms with Crippen molar-refractivity contribution < 1.29 is 19.0 Å². The van der Waals surface area contributed by atoms with Crippen LogP contribution in [-0.2, 0) is 25.5 Å². The molecule has 0 fully saturated rings. The molecule has 126 valence electrons. The van der Waals surface area contributed by atoms with Gasteiger partial charge in [-0.2, -0.15) is 0 Å². The van der Waals surface area contributed by atoms with Crippen LogP contribution in [0, 0.1) is 0 Å². The molecule has 0 saturated carbocycles. The number of imidazole rings is 1. The Hall–Kier alpha value is -2.26. The lowest BCUT2D eigenvalue weighted by molar-refractivity contribution is -0.208. The molecule has 0 aromatic carbocycles. The predicted molar refractivity (Wildman–Crippen MR) is 82.3 cm³/mol. The molecule has 0 amide bonds. The monoisotopic (exact) mass is 323 g/mol. The highest BCUT2D eigenvalue weighted by atomic mass is 16.7. The zero-order chi connectivity index (χ0) is 16.8. The Morgan fingerprint density at radius 2 is 1.96 bits per heavy atom. The first-order valence-electron chi connectivity index (χ1n) is 7.38. The number of nitrogens with two attached hydrogens (primary N) is 1. The first-order valence-corrected chi connectivity index (χ1v) is 7.38. The molecule has 0 bridgehead atoms. The second-order valence-corrected chi connectivity index (χ2v) is 4.76. The summed E-state index contributed by atoms with van der Waals surface area (Å²) >= 11 is 0. The van der Waals surface area contributed by atoms with Crippen molar-refractivity contribution in [2.45, 2.75) is 39.7 Å². The maximum atomic E-state index is 11.4. The summed E-state index contributed by atoms with van der Waals surface area (Å²) in [5, 5.41) is 0.